The second-order valence-corrected chi connectivity index (χ2v) is 10.8. The molecule has 164 valence electrons. The van der Waals surface area contributed by atoms with Gasteiger partial charge in [0.25, 0.3) is 0 Å². The molecule has 1 aliphatic heterocycles. The highest BCUT2D eigenvalue weighted by molar-refractivity contribution is 5.92. The molecule has 0 aromatic carbocycles. The van der Waals surface area contributed by atoms with Gasteiger partial charge in [-0.25, -0.2) is 0 Å². The molecule has 5 rings (SSSR count). The van der Waals surface area contributed by atoms with Crippen LogP contribution in [0.2, 0.25) is 0 Å². The summed E-state index contributed by atoms with van der Waals surface area (Å²) in [5, 5.41) is 11.6. The van der Waals surface area contributed by atoms with Crippen LogP contribution in [0.3, 0.4) is 0 Å². The molecule has 0 amide bonds. The van der Waals surface area contributed by atoms with Gasteiger partial charge in [-0.1, -0.05) is 19.4 Å². The van der Waals surface area contributed by atoms with Crippen molar-refractivity contribution in [1.29, 1.82) is 0 Å². The van der Waals surface area contributed by atoms with Gasteiger partial charge in [-0.15, -0.1) is 0 Å². The van der Waals surface area contributed by atoms with Gasteiger partial charge in [0.15, 0.2) is 5.78 Å². The lowest BCUT2D eigenvalue weighted by molar-refractivity contribution is -0.197. The lowest BCUT2D eigenvalue weighted by Crippen LogP contribution is -2.62. The fraction of sp³-hybridized carbons (Fsp3) is 0.792. The smallest absolute Gasteiger partial charge is 0.309 e. The molecule has 4 aliphatic carbocycles. The summed E-state index contributed by atoms with van der Waals surface area (Å²) < 4.78 is 11.2. The van der Waals surface area contributed by atoms with Gasteiger partial charge in [-0.3, -0.25) is 14.4 Å². The second-order valence-electron chi connectivity index (χ2n) is 10.8. The number of ketones is 1. The lowest BCUT2D eigenvalue weighted by Gasteiger charge is -2.62. The Hall–Kier alpha value is -1.69. The number of ether oxygens (including phenoxy) is 2. The quantitative estimate of drug-likeness (QED) is 0.661. The van der Waals surface area contributed by atoms with Crippen LogP contribution in [-0.2, 0) is 23.9 Å². The predicted octanol–water partition coefficient (Wildman–Crippen LogP) is 2.96. The highest BCUT2D eigenvalue weighted by atomic mass is 16.6. The summed E-state index contributed by atoms with van der Waals surface area (Å²) in [4.78, 5) is 37.2. The van der Waals surface area contributed by atoms with Crippen LogP contribution in [0.25, 0.3) is 0 Å². The van der Waals surface area contributed by atoms with Crippen molar-refractivity contribution in [2.75, 3.05) is 7.11 Å². The molecule has 30 heavy (non-hydrogen) atoms. The molecule has 5 aliphatic rings. The van der Waals surface area contributed by atoms with Crippen molar-refractivity contribution >= 4 is 17.7 Å². The monoisotopic (exact) mass is 416 g/mol. The number of allylic oxidation sites excluding steroid dienone is 1. The number of methoxy groups -OCH3 is 1. The van der Waals surface area contributed by atoms with Gasteiger partial charge in [0, 0.05) is 18.3 Å². The van der Waals surface area contributed by atoms with Crippen molar-refractivity contribution in [3.05, 3.63) is 11.6 Å². The molecule has 3 saturated carbocycles. The van der Waals surface area contributed by atoms with E-state index in [2.05, 4.69) is 13.8 Å². The minimum Gasteiger partial charge on any atom is -0.469 e. The summed E-state index contributed by atoms with van der Waals surface area (Å²) in [6.07, 6.45) is 6.21. The normalized spacial score (nSPS) is 49.7. The first-order valence-electron chi connectivity index (χ1n) is 11.4. The van der Waals surface area contributed by atoms with Crippen molar-refractivity contribution in [1.82, 2.24) is 0 Å². The Labute approximate surface area is 177 Å². The largest absolute Gasteiger partial charge is 0.469 e. The first-order valence-corrected chi connectivity index (χ1v) is 11.4. The molecule has 6 heteroatoms. The highest BCUT2D eigenvalue weighted by Gasteiger charge is 2.71. The standard InChI is InChI=1S/C24H32O6/c1-22-7-4-14(25)10-13(22)11-15(21(28)29-3)19-16-5-8-24(9-6-18(27)30-24)23(16,2)12-17(26)20(19)22/h10,15-17,19-20,26H,4-9,11-12H2,1-3H3/t15-,16?,17-,19+,20+,22+,23+,24?/m1/s1. The predicted molar refractivity (Wildman–Crippen MR) is 107 cm³/mol. The lowest BCUT2D eigenvalue weighted by atomic mass is 9.43. The molecule has 0 aromatic rings. The average Bonchev–Trinajstić information content (AvgIpc) is 3.21. The van der Waals surface area contributed by atoms with Gasteiger partial charge in [-0.05, 0) is 67.8 Å². The molecule has 8 atom stereocenters. The topological polar surface area (TPSA) is 89.9 Å². The van der Waals surface area contributed by atoms with E-state index in [9.17, 15) is 19.5 Å². The zero-order chi connectivity index (χ0) is 21.5. The van der Waals surface area contributed by atoms with E-state index >= 15 is 0 Å². The maximum Gasteiger partial charge on any atom is 0.309 e. The van der Waals surface area contributed by atoms with Crippen LogP contribution in [0.4, 0.5) is 0 Å². The van der Waals surface area contributed by atoms with Crippen molar-refractivity contribution < 1.29 is 29.0 Å². The highest BCUT2D eigenvalue weighted by Crippen LogP contribution is 2.70. The number of rotatable bonds is 1. The van der Waals surface area contributed by atoms with E-state index in [1.54, 1.807) is 6.08 Å². The minimum absolute atomic E-state index is 0.0415. The summed E-state index contributed by atoms with van der Waals surface area (Å²) in [7, 11) is 1.42. The zero-order valence-electron chi connectivity index (χ0n) is 18.1. The van der Waals surface area contributed by atoms with Gasteiger partial charge in [0.05, 0.1) is 19.1 Å². The van der Waals surface area contributed by atoms with Crippen LogP contribution in [0.15, 0.2) is 11.6 Å². The molecular weight excluding hydrogens is 384 g/mol. The summed E-state index contributed by atoms with van der Waals surface area (Å²) >= 11 is 0. The van der Waals surface area contributed by atoms with Crippen LogP contribution >= 0.6 is 0 Å². The number of aliphatic hydroxyl groups is 1. The van der Waals surface area contributed by atoms with Crippen LogP contribution in [-0.4, -0.2) is 41.6 Å². The van der Waals surface area contributed by atoms with Gasteiger partial charge >= 0.3 is 11.9 Å². The molecule has 1 spiro atoms. The maximum absolute atomic E-state index is 12.9. The summed E-state index contributed by atoms with van der Waals surface area (Å²) in [5.41, 5.74) is -0.168. The Morgan fingerprint density at radius 2 is 1.97 bits per heavy atom. The number of hydrogen-bond donors (Lipinski definition) is 1. The third kappa shape index (κ3) is 2.43. The van der Waals surface area contributed by atoms with Crippen LogP contribution in [0.5, 0.6) is 0 Å². The molecule has 6 nitrogen and oxygen atoms in total. The number of esters is 2. The third-order valence-electron chi connectivity index (χ3n) is 9.79. The number of aliphatic hydroxyl groups excluding tert-OH is 1. The summed E-state index contributed by atoms with van der Waals surface area (Å²) in [6.45, 7) is 4.33. The fourth-order valence-electron chi connectivity index (χ4n) is 8.35. The van der Waals surface area contributed by atoms with Gasteiger partial charge < -0.3 is 14.6 Å². The minimum atomic E-state index is -0.611. The first-order chi connectivity index (χ1) is 14.1. The van der Waals surface area contributed by atoms with Crippen molar-refractivity contribution in [3.63, 3.8) is 0 Å². The van der Waals surface area contributed by atoms with E-state index in [0.717, 1.165) is 18.4 Å². The van der Waals surface area contributed by atoms with E-state index in [1.165, 1.54) is 7.11 Å². The zero-order valence-corrected chi connectivity index (χ0v) is 18.1. The second kappa shape index (κ2) is 6.41. The van der Waals surface area contributed by atoms with E-state index in [4.69, 9.17) is 9.47 Å². The van der Waals surface area contributed by atoms with E-state index in [0.29, 0.717) is 38.5 Å². The Morgan fingerprint density at radius 3 is 2.63 bits per heavy atom. The molecular formula is C24H32O6. The van der Waals surface area contributed by atoms with Crippen molar-refractivity contribution in [3.8, 4) is 0 Å². The Kier molecular flexibility index (Phi) is 4.32. The number of carbonyl (C=O) groups is 3. The van der Waals surface area contributed by atoms with Gasteiger partial charge in [0.1, 0.15) is 5.60 Å². The molecule has 0 radical (unpaired) electrons. The average molecular weight is 417 g/mol. The molecule has 1 N–H and O–H groups in total. The Bertz CT molecular complexity index is 847. The Balaban J connectivity index is 1.62. The maximum atomic E-state index is 12.9. The summed E-state index contributed by atoms with van der Waals surface area (Å²) in [6, 6.07) is 0. The Morgan fingerprint density at radius 1 is 1.20 bits per heavy atom. The van der Waals surface area contributed by atoms with E-state index in [-0.39, 0.29) is 52.2 Å². The number of hydrogen-bond acceptors (Lipinski definition) is 6. The van der Waals surface area contributed by atoms with Crippen LogP contribution < -0.4 is 0 Å². The van der Waals surface area contributed by atoms with E-state index < -0.39 is 11.7 Å². The van der Waals surface area contributed by atoms with E-state index in [1.807, 2.05) is 0 Å². The van der Waals surface area contributed by atoms with Gasteiger partial charge in [0.2, 0.25) is 0 Å². The van der Waals surface area contributed by atoms with Crippen LogP contribution in [0, 0.1) is 34.5 Å². The number of carbonyl (C=O) groups excluding carboxylic acids is 3. The summed E-state index contributed by atoms with van der Waals surface area (Å²) in [5.74, 6) is -0.636. The molecule has 2 unspecified atom stereocenters. The third-order valence-corrected chi connectivity index (χ3v) is 9.79. The number of fused-ring (bicyclic) bond motifs is 6. The fourth-order valence-corrected chi connectivity index (χ4v) is 8.35. The van der Waals surface area contributed by atoms with Gasteiger partial charge in [-0.2, -0.15) is 0 Å². The molecule has 0 bridgehead atoms. The molecule has 0 aromatic heterocycles. The molecule has 4 fully saturated rings. The van der Waals surface area contributed by atoms with Crippen molar-refractivity contribution in [2.24, 2.45) is 34.5 Å². The molecule has 1 heterocycles. The first kappa shape index (κ1) is 20.2. The van der Waals surface area contributed by atoms with Crippen LogP contribution in [0.1, 0.15) is 65.2 Å². The SMILES string of the molecule is COC(=O)[C@@H]1CC2=CC(=O)CC[C@]2(C)[C@@H]2[C@@H]1C1CCC3(CCC(=O)O3)[C@@]1(C)C[C@H]2O. The molecule has 1 saturated heterocycles. The van der Waals surface area contributed by atoms with Crippen molar-refractivity contribution in [2.45, 2.75) is 76.9 Å².